The lowest BCUT2D eigenvalue weighted by molar-refractivity contribution is -0.301. The molecule has 0 aliphatic carbocycles. The zero-order valence-electron chi connectivity index (χ0n) is 41.4. The van der Waals surface area contributed by atoms with Gasteiger partial charge in [0, 0.05) is 19.3 Å². The van der Waals surface area contributed by atoms with Crippen LogP contribution in [0.15, 0.2) is 85.1 Å². The number of carboxylic acids is 1. The molecular formula is C55H88O12. The summed E-state index contributed by atoms with van der Waals surface area (Å²) in [7, 11) is 0. The zero-order chi connectivity index (χ0) is 49.0. The molecule has 0 radical (unpaired) electrons. The maximum absolute atomic E-state index is 13.0. The molecule has 0 bridgehead atoms. The number of aliphatic hydroxyl groups excluding tert-OH is 2. The molecule has 3 N–H and O–H groups in total. The van der Waals surface area contributed by atoms with E-state index >= 15 is 0 Å². The number of aliphatic hydroxyl groups is 2. The summed E-state index contributed by atoms with van der Waals surface area (Å²) in [6, 6.07) is 0. The Labute approximate surface area is 403 Å². The maximum atomic E-state index is 13.0. The normalized spacial score (nSPS) is 19.6. The van der Waals surface area contributed by atoms with Gasteiger partial charge in [-0.25, -0.2) is 4.79 Å². The molecule has 1 fully saturated rings. The fourth-order valence-electron chi connectivity index (χ4n) is 7.10. The van der Waals surface area contributed by atoms with Crippen molar-refractivity contribution < 1.29 is 58.2 Å². The molecule has 1 rings (SSSR count). The molecule has 0 saturated carbocycles. The van der Waals surface area contributed by atoms with Crippen molar-refractivity contribution in [3.8, 4) is 0 Å². The van der Waals surface area contributed by atoms with E-state index in [2.05, 4.69) is 93.7 Å². The summed E-state index contributed by atoms with van der Waals surface area (Å²) in [5.41, 5.74) is 0. The number of carbonyl (C=O) groups is 4. The number of aliphatic carboxylic acids is 1. The van der Waals surface area contributed by atoms with Crippen LogP contribution in [0.5, 0.6) is 0 Å². The Kier molecular flexibility index (Phi) is 39.3. The van der Waals surface area contributed by atoms with Gasteiger partial charge in [0.25, 0.3) is 0 Å². The van der Waals surface area contributed by atoms with Crippen LogP contribution in [-0.2, 0) is 42.9 Å². The van der Waals surface area contributed by atoms with Crippen molar-refractivity contribution in [1.82, 2.24) is 0 Å². The van der Waals surface area contributed by atoms with E-state index in [1.54, 1.807) is 0 Å². The van der Waals surface area contributed by atoms with E-state index in [-0.39, 0.29) is 25.9 Å². The molecule has 1 aliphatic heterocycles. The SMILES string of the molecule is CC/C=C\C/C=C\C/C=C\C/C=C\CCC(=O)OCC(COC1OC(C(=O)O)C(O)C(O)C1OC(=O)CCCCCCCCCCCCC)OC(=O)CCCCC/C=C\C/C=C\C/C=C\CC. The van der Waals surface area contributed by atoms with Crippen LogP contribution in [0.4, 0.5) is 0 Å². The molecule has 1 aliphatic rings. The summed E-state index contributed by atoms with van der Waals surface area (Å²) < 4.78 is 28.1. The molecule has 67 heavy (non-hydrogen) atoms. The average Bonchev–Trinajstić information content (AvgIpc) is 3.31. The number of ether oxygens (including phenoxy) is 5. The molecular weight excluding hydrogens is 853 g/mol. The number of unbranched alkanes of at least 4 members (excludes halogenated alkanes) is 13. The highest BCUT2D eigenvalue weighted by Crippen LogP contribution is 2.26. The highest BCUT2D eigenvalue weighted by molar-refractivity contribution is 5.74. The van der Waals surface area contributed by atoms with Crippen molar-refractivity contribution in [3.63, 3.8) is 0 Å². The number of carbonyl (C=O) groups excluding carboxylic acids is 3. The van der Waals surface area contributed by atoms with Gasteiger partial charge >= 0.3 is 23.9 Å². The van der Waals surface area contributed by atoms with Crippen LogP contribution in [0, 0.1) is 0 Å². The van der Waals surface area contributed by atoms with E-state index in [0.29, 0.717) is 19.3 Å². The van der Waals surface area contributed by atoms with Gasteiger partial charge in [-0.2, -0.15) is 0 Å². The first-order valence-electron chi connectivity index (χ1n) is 25.6. The van der Waals surface area contributed by atoms with Gasteiger partial charge in [0.15, 0.2) is 24.6 Å². The Bertz CT molecular complexity index is 1490. The Morgan fingerprint density at radius 1 is 0.507 bits per heavy atom. The summed E-state index contributed by atoms with van der Waals surface area (Å²) in [4.78, 5) is 50.7. The lowest BCUT2D eigenvalue weighted by atomic mass is 9.98. The van der Waals surface area contributed by atoms with E-state index in [0.717, 1.165) is 89.9 Å². The number of carboxylic acid groups (broad SMARTS) is 1. The molecule has 0 amide bonds. The minimum absolute atomic E-state index is 0.0490. The van der Waals surface area contributed by atoms with Crippen LogP contribution < -0.4 is 0 Å². The Morgan fingerprint density at radius 2 is 0.970 bits per heavy atom. The van der Waals surface area contributed by atoms with Gasteiger partial charge < -0.3 is 39.0 Å². The van der Waals surface area contributed by atoms with Gasteiger partial charge in [-0.05, 0) is 77.0 Å². The molecule has 6 unspecified atom stereocenters. The van der Waals surface area contributed by atoms with E-state index in [4.69, 9.17) is 23.7 Å². The van der Waals surface area contributed by atoms with Gasteiger partial charge in [-0.1, -0.05) is 176 Å². The highest BCUT2D eigenvalue weighted by Gasteiger charge is 2.50. The predicted molar refractivity (Wildman–Crippen MR) is 266 cm³/mol. The largest absolute Gasteiger partial charge is 0.479 e. The van der Waals surface area contributed by atoms with Gasteiger partial charge in [0.05, 0.1) is 6.61 Å². The van der Waals surface area contributed by atoms with Crippen molar-refractivity contribution in [1.29, 1.82) is 0 Å². The van der Waals surface area contributed by atoms with Crippen LogP contribution in [0.3, 0.4) is 0 Å². The van der Waals surface area contributed by atoms with Crippen LogP contribution in [0.2, 0.25) is 0 Å². The first-order chi connectivity index (χ1) is 32.6. The molecule has 6 atom stereocenters. The fourth-order valence-corrected chi connectivity index (χ4v) is 7.10. The van der Waals surface area contributed by atoms with Crippen molar-refractivity contribution >= 4 is 23.9 Å². The Balaban J connectivity index is 2.81. The number of esters is 3. The zero-order valence-corrected chi connectivity index (χ0v) is 41.4. The summed E-state index contributed by atoms with van der Waals surface area (Å²) in [5.74, 6) is -3.28. The number of rotatable bonds is 41. The predicted octanol–water partition coefficient (Wildman–Crippen LogP) is 12.0. The van der Waals surface area contributed by atoms with E-state index in [9.17, 15) is 34.5 Å². The standard InChI is InChI=1S/C55H88O12/c1-4-7-10-13-16-19-22-24-27-29-32-35-38-41-47(56)63-44-46(65-48(57)42-39-36-33-31-28-25-23-20-17-14-11-8-5-2)45-64-55-53(51(60)50(59)52(67-55)54(61)62)66-49(58)43-40-37-34-30-26-21-18-15-12-9-6-3/h7-8,10-11,16-17,19-20,24-25,27-28,32,35,46,50-53,55,59-60H,4-6,9,12-15,18,21-23,26,29-31,33-34,36-45H2,1-3H3,(H,61,62)/b10-7-,11-8-,19-16-,20-17-,27-24-,28-25-,35-32-. The second-order valence-electron chi connectivity index (χ2n) is 17.0. The number of hydrogen-bond donors (Lipinski definition) is 3. The van der Waals surface area contributed by atoms with Crippen molar-refractivity contribution in [3.05, 3.63) is 85.1 Å². The molecule has 12 heteroatoms. The second kappa shape index (κ2) is 43.2. The lowest BCUT2D eigenvalue weighted by Gasteiger charge is -2.40. The van der Waals surface area contributed by atoms with E-state index < -0.39 is 67.3 Å². The topological polar surface area (TPSA) is 175 Å². The van der Waals surface area contributed by atoms with Crippen LogP contribution in [0.25, 0.3) is 0 Å². The third-order valence-corrected chi connectivity index (χ3v) is 11.0. The molecule has 380 valence electrons. The summed E-state index contributed by atoms with van der Waals surface area (Å²) in [5, 5.41) is 31.3. The summed E-state index contributed by atoms with van der Waals surface area (Å²) >= 11 is 0. The van der Waals surface area contributed by atoms with Crippen molar-refractivity contribution in [2.24, 2.45) is 0 Å². The Hall–Kier alpha value is -4.10. The van der Waals surface area contributed by atoms with Crippen LogP contribution in [-0.4, -0.2) is 89.2 Å². The third kappa shape index (κ3) is 33.9. The smallest absolute Gasteiger partial charge is 0.335 e. The monoisotopic (exact) mass is 941 g/mol. The number of allylic oxidation sites excluding steroid dienone is 14. The van der Waals surface area contributed by atoms with Gasteiger partial charge in [0.1, 0.15) is 18.8 Å². The van der Waals surface area contributed by atoms with Gasteiger partial charge in [-0.15, -0.1) is 0 Å². The molecule has 0 aromatic heterocycles. The number of hydrogen-bond acceptors (Lipinski definition) is 11. The summed E-state index contributed by atoms with van der Waals surface area (Å²) in [6.45, 7) is 5.62. The molecule has 1 heterocycles. The summed E-state index contributed by atoms with van der Waals surface area (Å²) in [6.07, 6.45) is 41.7. The molecule has 0 aromatic rings. The first-order valence-corrected chi connectivity index (χ1v) is 25.6. The third-order valence-electron chi connectivity index (χ3n) is 11.0. The van der Waals surface area contributed by atoms with Crippen molar-refractivity contribution in [2.75, 3.05) is 13.2 Å². The lowest BCUT2D eigenvalue weighted by Crippen LogP contribution is -2.61. The fraction of sp³-hybridized carbons (Fsp3) is 0.673. The van der Waals surface area contributed by atoms with Gasteiger partial charge in [0.2, 0.25) is 0 Å². The molecule has 1 saturated heterocycles. The van der Waals surface area contributed by atoms with Crippen LogP contribution >= 0.6 is 0 Å². The molecule has 0 spiro atoms. The van der Waals surface area contributed by atoms with Crippen molar-refractivity contribution in [2.45, 2.75) is 225 Å². The Morgan fingerprint density at radius 3 is 1.49 bits per heavy atom. The minimum atomic E-state index is -1.91. The van der Waals surface area contributed by atoms with E-state index in [1.165, 1.54) is 38.5 Å². The molecule has 12 nitrogen and oxygen atoms in total. The molecule has 0 aromatic carbocycles. The van der Waals surface area contributed by atoms with Gasteiger partial charge in [-0.3, -0.25) is 14.4 Å². The van der Waals surface area contributed by atoms with Crippen LogP contribution in [0.1, 0.15) is 188 Å². The van der Waals surface area contributed by atoms with E-state index in [1.807, 2.05) is 12.2 Å². The quantitative estimate of drug-likeness (QED) is 0.0229. The second-order valence-corrected chi connectivity index (χ2v) is 17.0. The minimum Gasteiger partial charge on any atom is -0.479 e. The maximum Gasteiger partial charge on any atom is 0.335 e. The highest BCUT2D eigenvalue weighted by atomic mass is 16.7. The first kappa shape index (κ1) is 60.9. The average molecular weight is 941 g/mol.